The van der Waals surface area contributed by atoms with E-state index in [0.717, 1.165) is 12.0 Å². The second-order valence-electron chi connectivity index (χ2n) is 6.73. The van der Waals surface area contributed by atoms with Crippen molar-refractivity contribution in [3.05, 3.63) is 65.7 Å². The maximum Gasteiger partial charge on any atom is 0.244 e. The zero-order chi connectivity index (χ0) is 20.4. The predicted molar refractivity (Wildman–Crippen MR) is 114 cm³/mol. The van der Waals surface area contributed by atoms with Gasteiger partial charge < -0.3 is 19.7 Å². The standard InChI is InChI=1S/C23H30N2O3/c1-5-15-28-21-13-11-18(16-22(21)27-4)12-14-23(26)24-17-20(25(2)3)19-9-7-6-8-10-19/h6-14,16,20H,5,15,17H2,1-4H3,(H,24,26)/b14-12+. The van der Waals surface area contributed by atoms with Gasteiger partial charge in [0.25, 0.3) is 0 Å². The Balaban J connectivity index is 1.97. The molecule has 1 amide bonds. The van der Waals surface area contributed by atoms with E-state index < -0.39 is 0 Å². The molecule has 0 spiro atoms. The summed E-state index contributed by atoms with van der Waals surface area (Å²) in [5.74, 6) is 1.24. The Kier molecular flexibility index (Phi) is 8.56. The quantitative estimate of drug-likeness (QED) is 0.633. The molecule has 1 atom stereocenters. The lowest BCUT2D eigenvalue weighted by molar-refractivity contribution is -0.116. The fourth-order valence-electron chi connectivity index (χ4n) is 2.82. The number of methoxy groups -OCH3 is 1. The number of likely N-dealkylation sites (N-methyl/N-ethyl adjacent to an activating group) is 1. The molecule has 0 fully saturated rings. The minimum Gasteiger partial charge on any atom is -0.493 e. The summed E-state index contributed by atoms with van der Waals surface area (Å²) in [5, 5.41) is 2.98. The third-order valence-corrected chi connectivity index (χ3v) is 4.35. The monoisotopic (exact) mass is 382 g/mol. The lowest BCUT2D eigenvalue weighted by atomic mass is 10.1. The van der Waals surface area contributed by atoms with E-state index in [1.807, 2.05) is 50.5 Å². The summed E-state index contributed by atoms with van der Waals surface area (Å²) in [7, 11) is 5.63. The zero-order valence-electron chi connectivity index (χ0n) is 17.1. The van der Waals surface area contributed by atoms with Gasteiger partial charge in [-0.25, -0.2) is 0 Å². The molecule has 5 heteroatoms. The van der Waals surface area contributed by atoms with Crippen LogP contribution in [0.5, 0.6) is 11.5 Å². The van der Waals surface area contributed by atoms with Crippen LogP contribution in [0.15, 0.2) is 54.6 Å². The fourth-order valence-corrected chi connectivity index (χ4v) is 2.82. The Morgan fingerprint density at radius 1 is 1.14 bits per heavy atom. The molecule has 1 unspecified atom stereocenters. The van der Waals surface area contributed by atoms with E-state index >= 15 is 0 Å². The molecule has 0 saturated carbocycles. The summed E-state index contributed by atoms with van der Waals surface area (Å²) < 4.78 is 11.0. The molecule has 5 nitrogen and oxygen atoms in total. The van der Waals surface area contributed by atoms with Gasteiger partial charge in [0.2, 0.25) is 5.91 Å². The van der Waals surface area contributed by atoms with Crippen LogP contribution in [-0.2, 0) is 4.79 Å². The smallest absolute Gasteiger partial charge is 0.244 e. The van der Waals surface area contributed by atoms with Crippen molar-refractivity contribution >= 4 is 12.0 Å². The molecule has 2 aromatic rings. The lowest BCUT2D eigenvalue weighted by Gasteiger charge is -2.24. The first-order chi connectivity index (χ1) is 13.5. The van der Waals surface area contributed by atoms with Crippen molar-refractivity contribution in [3.63, 3.8) is 0 Å². The molecule has 150 valence electrons. The van der Waals surface area contributed by atoms with E-state index in [1.165, 1.54) is 5.56 Å². The van der Waals surface area contributed by atoms with Crippen molar-refractivity contribution in [2.24, 2.45) is 0 Å². The summed E-state index contributed by atoms with van der Waals surface area (Å²) in [6.45, 7) is 3.23. The largest absolute Gasteiger partial charge is 0.493 e. The number of ether oxygens (including phenoxy) is 2. The number of carbonyl (C=O) groups is 1. The van der Waals surface area contributed by atoms with Gasteiger partial charge in [0.05, 0.1) is 19.8 Å². The Labute approximate surface area is 168 Å². The first-order valence-electron chi connectivity index (χ1n) is 9.53. The van der Waals surface area contributed by atoms with Crippen LogP contribution in [0.2, 0.25) is 0 Å². The highest BCUT2D eigenvalue weighted by Gasteiger charge is 2.14. The molecule has 0 aliphatic carbocycles. The summed E-state index contributed by atoms with van der Waals surface area (Å²) in [6.07, 6.45) is 4.25. The van der Waals surface area contributed by atoms with Crippen molar-refractivity contribution < 1.29 is 14.3 Å². The molecule has 0 radical (unpaired) electrons. The number of benzene rings is 2. The minimum absolute atomic E-state index is 0.119. The minimum atomic E-state index is -0.131. The number of hydrogen-bond donors (Lipinski definition) is 1. The van der Waals surface area contributed by atoms with Gasteiger partial charge in [0.15, 0.2) is 11.5 Å². The van der Waals surface area contributed by atoms with Crippen LogP contribution in [0, 0.1) is 0 Å². The average Bonchev–Trinajstić information content (AvgIpc) is 2.71. The maximum atomic E-state index is 12.3. The van der Waals surface area contributed by atoms with E-state index in [2.05, 4.69) is 29.3 Å². The Bertz CT molecular complexity index is 773. The Morgan fingerprint density at radius 2 is 1.89 bits per heavy atom. The van der Waals surface area contributed by atoms with Gasteiger partial charge >= 0.3 is 0 Å². The van der Waals surface area contributed by atoms with Gasteiger partial charge in [0, 0.05) is 12.6 Å². The maximum absolute atomic E-state index is 12.3. The van der Waals surface area contributed by atoms with Crippen LogP contribution >= 0.6 is 0 Å². The summed E-state index contributed by atoms with van der Waals surface area (Å²) in [6, 6.07) is 15.9. The van der Waals surface area contributed by atoms with Crippen LogP contribution in [0.1, 0.15) is 30.5 Å². The molecular formula is C23H30N2O3. The molecule has 2 rings (SSSR count). The van der Waals surface area contributed by atoms with Gasteiger partial charge in [0.1, 0.15) is 0 Å². The molecule has 0 aliphatic heterocycles. The number of carbonyl (C=O) groups excluding carboxylic acids is 1. The topological polar surface area (TPSA) is 50.8 Å². The van der Waals surface area contributed by atoms with Crippen molar-refractivity contribution in [3.8, 4) is 11.5 Å². The normalized spacial score (nSPS) is 12.2. The van der Waals surface area contributed by atoms with Gasteiger partial charge in [-0.15, -0.1) is 0 Å². The molecule has 0 bridgehead atoms. The Hall–Kier alpha value is -2.79. The molecule has 0 aromatic heterocycles. The van der Waals surface area contributed by atoms with Gasteiger partial charge in [-0.3, -0.25) is 4.79 Å². The van der Waals surface area contributed by atoms with E-state index in [0.29, 0.717) is 24.7 Å². The van der Waals surface area contributed by atoms with Gasteiger partial charge in [-0.1, -0.05) is 43.3 Å². The SMILES string of the molecule is CCCOc1ccc(/C=C/C(=O)NCC(c2ccccc2)N(C)C)cc1OC. The molecule has 1 N–H and O–H groups in total. The highest BCUT2D eigenvalue weighted by atomic mass is 16.5. The third kappa shape index (κ3) is 6.43. The van der Waals surface area contributed by atoms with Crippen LogP contribution < -0.4 is 14.8 Å². The number of nitrogens with zero attached hydrogens (tertiary/aromatic N) is 1. The molecule has 0 saturated heterocycles. The number of rotatable bonds is 10. The van der Waals surface area contributed by atoms with Crippen LogP contribution in [0.4, 0.5) is 0 Å². The molecule has 0 aliphatic rings. The van der Waals surface area contributed by atoms with E-state index in [-0.39, 0.29) is 11.9 Å². The first kappa shape index (κ1) is 21.5. The number of nitrogens with one attached hydrogen (secondary N) is 1. The van der Waals surface area contributed by atoms with E-state index in [4.69, 9.17) is 9.47 Å². The molecule has 0 heterocycles. The summed E-state index contributed by atoms with van der Waals surface area (Å²) >= 11 is 0. The van der Waals surface area contributed by atoms with Crippen molar-refractivity contribution in [1.29, 1.82) is 0 Å². The summed E-state index contributed by atoms with van der Waals surface area (Å²) in [4.78, 5) is 14.4. The second-order valence-corrected chi connectivity index (χ2v) is 6.73. The molecule has 2 aromatic carbocycles. The van der Waals surface area contributed by atoms with Crippen molar-refractivity contribution in [1.82, 2.24) is 10.2 Å². The number of amides is 1. The molecular weight excluding hydrogens is 352 g/mol. The van der Waals surface area contributed by atoms with Gasteiger partial charge in [-0.05, 0) is 49.9 Å². The summed E-state index contributed by atoms with van der Waals surface area (Å²) in [5.41, 5.74) is 2.05. The third-order valence-electron chi connectivity index (χ3n) is 4.35. The van der Waals surface area contributed by atoms with Crippen LogP contribution in [0.3, 0.4) is 0 Å². The van der Waals surface area contributed by atoms with Crippen LogP contribution in [-0.4, -0.2) is 45.2 Å². The van der Waals surface area contributed by atoms with E-state index in [9.17, 15) is 4.79 Å². The predicted octanol–water partition coefficient (Wildman–Crippen LogP) is 3.92. The highest BCUT2D eigenvalue weighted by molar-refractivity contribution is 5.91. The molecule has 28 heavy (non-hydrogen) atoms. The zero-order valence-corrected chi connectivity index (χ0v) is 17.1. The van der Waals surface area contributed by atoms with Crippen LogP contribution in [0.25, 0.3) is 6.08 Å². The van der Waals surface area contributed by atoms with Gasteiger partial charge in [-0.2, -0.15) is 0 Å². The lowest BCUT2D eigenvalue weighted by Crippen LogP contribution is -2.33. The highest BCUT2D eigenvalue weighted by Crippen LogP contribution is 2.28. The first-order valence-corrected chi connectivity index (χ1v) is 9.53. The average molecular weight is 383 g/mol. The second kappa shape index (κ2) is 11.1. The van der Waals surface area contributed by atoms with E-state index in [1.54, 1.807) is 19.3 Å². The number of hydrogen-bond acceptors (Lipinski definition) is 4. The fraction of sp³-hybridized carbons (Fsp3) is 0.348. The van der Waals surface area contributed by atoms with Crippen molar-refractivity contribution in [2.75, 3.05) is 34.4 Å². The Morgan fingerprint density at radius 3 is 2.54 bits per heavy atom. The van der Waals surface area contributed by atoms with Crippen molar-refractivity contribution in [2.45, 2.75) is 19.4 Å².